The molecule has 3 heterocycles. The third-order valence-corrected chi connectivity index (χ3v) is 6.57. The van der Waals surface area contributed by atoms with Gasteiger partial charge in [-0.1, -0.05) is 12.1 Å². The van der Waals surface area contributed by atoms with Crippen LogP contribution in [0.25, 0.3) is 0 Å². The first kappa shape index (κ1) is 21.5. The molecule has 0 spiro atoms. The zero-order valence-corrected chi connectivity index (χ0v) is 19.1. The van der Waals surface area contributed by atoms with E-state index in [0.717, 1.165) is 76.7 Å². The van der Waals surface area contributed by atoms with Crippen molar-refractivity contribution < 1.29 is 0 Å². The van der Waals surface area contributed by atoms with Gasteiger partial charge >= 0.3 is 5.69 Å². The molecule has 8 nitrogen and oxygen atoms in total. The summed E-state index contributed by atoms with van der Waals surface area (Å²) < 4.78 is 3.47. The maximum atomic E-state index is 12.4. The van der Waals surface area contributed by atoms with Crippen LogP contribution in [0.2, 0.25) is 0 Å². The highest BCUT2D eigenvalue weighted by molar-refractivity contribution is 5.80. The Labute approximate surface area is 184 Å². The van der Waals surface area contributed by atoms with Gasteiger partial charge in [0.15, 0.2) is 5.96 Å². The van der Waals surface area contributed by atoms with Crippen molar-refractivity contribution in [2.24, 2.45) is 4.99 Å². The molecule has 2 aliphatic rings. The summed E-state index contributed by atoms with van der Waals surface area (Å²) in [5.41, 5.74) is 4.10. The van der Waals surface area contributed by atoms with Crippen molar-refractivity contribution in [1.29, 1.82) is 0 Å². The van der Waals surface area contributed by atoms with Gasteiger partial charge in [-0.25, -0.2) is 9.48 Å². The zero-order valence-electron chi connectivity index (χ0n) is 19.1. The summed E-state index contributed by atoms with van der Waals surface area (Å²) in [6.45, 7) is 10.5. The summed E-state index contributed by atoms with van der Waals surface area (Å²) in [6, 6.07) is 6.54. The van der Waals surface area contributed by atoms with Crippen LogP contribution in [-0.4, -0.2) is 65.0 Å². The summed E-state index contributed by atoms with van der Waals surface area (Å²) in [6.07, 6.45) is 3.97. The number of aromatic nitrogens is 3. The molecule has 1 fully saturated rings. The Morgan fingerprint density at radius 2 is 1.94 bits per heavy atom. The highest BCUT2D eigenvalue weighted by Gasteiger charge is 2.21. The maximum absolute atomic E-state index is 12.4. The molecule has 0 bridgehead atoms. The van der Waals surface area contributed by atoms with Gasteiger partial charge in [-0.15, -0.1) is 0 Å². The molecular formula is C23H35N7O. The molecule has 4 rings (SSSR count). The molecule has 1 aromatic heterocycles. The fourth-order valence-corrected chi connectivity index (χ4v) is 4.59. The van der Waals surface area contributed by atoms with Crippen LogP contribution in [0.1, 0.15) is 36.2 Å². The number of rotatable bonds is 5. The lowest BCUT2D eigenvalue weighted by Crippen LogP contribution is -2.52. The second kappa shape index (κ2) is 9.58. The smallest absolute Gasteiger partial charge is 0.345 e. The minimum Gasteiger partial charge on any atom is -0.368 e. The Morgan fingerprint density at radius 3 is 2.68 bits per heavy atom. The zero-order chi connectivity index (χ0) is 21.8. The quantitative estimate of drug-likeness (QED) is 0.449. The van der Waals surface area contributed by atoms with E-state index in [2.05, 4.69) is 57.3 Å². The fraction of sp³-hybridized carbons (Fsp3) is 0.609. The molecule has 2 aromatic rings. The number of nitrogens with one attached hydrogen (secondary N) is 1. The van der Waals surface area contributed by atoms with Gasteiger partial charge in [0.25, 0.3) is 0 Å². The fourth-order valence-electron chi connectivity index (χ4n) is 4.59. The minimum atomic E-state index is 0.0432. The molecule has 0 atom stereocenters. The molecular weight excluding hydrogens is 390 g/mol. The van der Waals surface area contributed by atoms with Crippen LogP contribution in [-0.2, 0) is 19.5 Å². The van der Waals surface area contributed by atoms with Crippen LogP contribution in [0, 0.1) is 13.8 Å². The van der Waals surface area contributed by atoms with Crippen molar-refractivity contribution in [2.75, 3.05) is 44.7 Å². The van der Waals surface area contributed by atoms with Crippen molar-refractivity contribution in [3.8, 4) is 0 Å². The molecule has 0 radical (unpaired) electrons. The van der Waals surface area contributed by atoms with E-state index >= 15 is 0 Å². The van der Waals surface area contributed by atoms with Gasteiger partial charge in [-0.05, 0) is 50.3 Å². The number of hydrogen-bond donors (Lipinski definition) is 1. The third-order valence-electron chi connectivity index (χ3n) is 6.57. The second-order valence-corrected chi connectivity index (χ2v) is 8.55. The number of piperazine rings is 1. The van der Waals surface area contributed by atoms with E-state index in [9.17, 15) is 4.79 Å². The lowest BCUT2D eigenvalue weighted by atomic mass is 10.1. The summed E-state index contributed by atoms with van der Waals surface area (Å²) in [4.78, 5) is 21.7. The molecule has 1 aromatic carbocycles. The number of nitrogens with zero attached hydrogens (tertiary/aromatic N) is 6. The number of benzene rings is 1. The Bertz CT molecular complexity index is 982. The van der Waals surface area contributed by atoms with Crippen molar-refractivity contribution in [3.63, 3.8) is 0 Å². The number of guanidine groups is 1. The Morgan fingerprint density at radius 1 is 1.13 bits per heavy atom. The van der Waals surface area contributed by atoms with E-state index in [-0.39, 0.29) is 5.69 Å². The normalized spacial score (nSPS) is 17.1. The SMILES string of the molecule is CN=C(NCCCn1nc2n(c1=O)CCCC2)N1CCN(c2cccc(C)c2C)CC1. The van der Waals surface area contributed by atoms with Crippen LogP contribution in [0.4, 0.5) is 5.69 Å². The average molecular weight is 426 g/mol. The van der Waals surface area contributed by atoms with E-state index < -0.39 is 0 Å². The van der Waals surface area contributed by atoms with Gasteiger partial charge in [-0.2, -0.15) is 5.10 Å². The van der Waals surface area contributed by atoms with Crippen LogP contribution >= 0.6 is 0 Å². The highest BCUT2D eigenvalue weighted by atomic mass is 16.2. The van der Waals surface area contributed by atoms with E-state index in [0.29, 0.717) is 6.54 Å². The second-order valence-electron chi connectivity index (χ2n) is 8.55. The van der Waals surface area contributed by atoms with Gasteiger partial charge in [0.05, 0.1) is 0 Å². The van der Waals surface area contributed by atoms with Crippen LogP contribution in [0.3, 0.4) is 0 Å². The van der Waals surface area contributed by atoms with Gasteiger partial charge in [-0.3, -0.25) is 9.56 Å². The molecule has 0 aliphatic carbocycles. The lowest BCUT2D eigenvalue weighted by Gasteiger charge is -2.38. The number of aliphatic imine (C=N–C) groups is 1. The first-order valence-corrected chi connectivity index (χ1v) is 11.5. The molecule has 168 valence electrons. The molecule has 31 heavy (non-hydrogen) atoms. The summed E-state index contributed by atoms with van der Waals surface area (Å²) in [7, 11) is 1.84. The average Bonchev–Trinajstić information content (AvgIpc) is 3.12. The van der Waals surface area contributed by atoms with Crippen LogP contribution in [0.5, 0.6) is 0 Å². The summed E-state index contributed by atoms with van der Waals surface area (Å²) in [5.74, 6) is 1.89. The summed E-state index contributed by atoms with van der Waals surface area (Å²) in [5, 5.41) is 7.99. The predicted molar refractivity (Wildman–Crippen MR) is 125 cm³/mol. The third kappa shape index (κ3) is 4.62. The van der Waals surface area contributed by atoms with Gasteiger partial charge in [0, 0.05) is 65.0 Å². The monoisotopic (exact) mass is 425 g/mol. The van der Waals surface area contributed by atoms with Gasteiger partial charge in [0.2, 0.25) is 0 Å². The van der Waals surface area contributed by atoms with E-state index in [1.54, 1.807) is 4.68 Å². The van der Waals surface area contributed by atoms with Crippen molar-refractivity contribution in [1.82, 2.24) is 24.6 Å². The van der Waals surface area contributed by atoms with Crippen LogP contribution < -0.4 is 15.9 Å². The standard InChI is InChI=1S/C23H35N7O/c1-18-8-6-9-20(19(18)2)27-14-16-28(17-15-27)22(24-3)25-11-7-13-30-23(31)29-12-5-4-10-21(29)26-30/h6,8-9H,4-5,7,10-17H2,1-3H3,(H,24,25). The topological polar surface area (TPSA) is 70.7 Å². The minimum absolute atomic E-state index is 0.0432. The Balaban J connectivity index is 1.25. The van der Waals surface area contributed by atoms with Gasteiger partial charge < -0.3 is 15.1 Å². The molecule has 8 heteroatoms. The number of aryl methyl sites for hydroxylation is 3. The molecule has 1 saturated heterocycles. The molecule has 0 saturated carbocycles. The van der Waals surface area contributed by atoms with Crippen molar-refractivity contribution in [3.05, 3.63) is 45.6 Å². The first-order valence-electron chi connectivity index (χ1n) is 11.5. The van der Waals surface area contributed by atoms with Crippen molar-refractivity contribution in [2.45, 2.75) is 52.6 Å². The van der Waals surface area contributed by atoms with E-state index in [1.807, 2.05) is 11.6 Å². The molecule has 0 unspecified atom stereocenters. The Hall–Kier alpha value is -2.77. The Kier molecular flexibility index (Phi) is 6.63. The largest absolute Gasteiger partial charge is 0.368 e. The van der Waals surface area contributed by atoms with E-state index in [4.69, 9.17) is 0 Å². The summed E-state index contributed by atoms with van der Waals surface area (Å²) >= 11 is 0. The first-order chi connectivity index (χ1) is 15.1. The molecule has 0 amide bonds. The number of anilines is 1. The maximum Gasteiger partial charge on any atom is 0.345 e. The van der Waals surface area contributed by atoms with Gasteiger partial charge in [0.1, 0.15) is 5.82 Å². The predicted octanol–water partition coefficient (Wildman–Crippen LogP) is 1.79. The molecule has 2 aliphatic heterocycles. The van der Waals surface area contributed by atoms with Crippen LogP contribution in [0.15, 0.2) is 28.0 Å². The highest BCUT2D eigenvalue weighted by Crippen LogP contribution is 2.23. The van der Waals surface area contributed by atoms with E-state index in [1.165, 1.54) is 16.8 Å². The number of hydrogen-bond acceptors (Lipinski definition) is 4. The lowest BCUT2D eigenvalue weighted by molar-refractivity contribution is 0.371. The number of fused-ring (bicyclic) bond motifs is 1. The molecule has 1 N–H and O–H groups in total. The van der Waals surface area contributed by atoms with Crippen molar-refractivity contribution >= 4 is 11.6 Å².